The molecular formula is C14H28N2O. The number of carbonyl (C=O) groups is 1. The van der Waals surface area contributed by atoms with E-state index in [4.69, 9.17) is 0 Å². The Morgan fingerprint density at radius 3 is 2.12 bits per heavy atom. The fraction of sp³-hybridized carbons (Fsp3) is 0.929. The van der Waals surface area contributed by atoms with E-state index in [1.165, 1.54) is 12.8 Å². The van der Waals surface area contributed by atoms with Crippen LogP contribution in [0.15, 0.2) is 0 Å². The van der Waals surface area contributed by atoms with Gasteiger partial charge in [-0.2, -0.15) is 0 Å². The highest BCUT2D eigenvalue weighted by Gasteiger charge is 2.27. The van der Waals surface area contributed by atoms with Crippen LogP contribution in [0, 0.1) is 5.92 Å². The molecule has 1 aliphatic heterocycles. The fourth-order valence-corrected chi connectivity index (χ4v) is 2.60. The van der Waals surface area contributed by atoms with Crippen LogP contribution in [0.25, 0.3) is 0 Å². The molecular weight excluding hydrogens is 212 g/mol. The Balaban J connectivity index is 2.69. The molecule has 1 aliphatic rings. The molecule has 0 aromatic heterocycles. The highest BCUT2D eigenvalue weighted by molar-refractivity contribution is 5.75. The Morgan fingerprint density at radius 2 is 1.71 bits per heavy atom. The molecule has 3 heteroatoms. The summed E-state index contributed by atoms with van der Waals surface area (Å²) in [7, 11) is 0. The largest absolute Gasteiger partial charge is 0.325 e. The van der Waals surface area contributed by atoms with Gasteiger partial charge in [-0.25, -0.2) is 4.79 Å². The number of hydrogen-bond donors (Lipinski definition) is 0. The lowest BCUT2D eigenvalue weighted by molar-refractivity contribution is 0.130. The smallest absolute Gasteiger partial charge is 0.320 e. The van der Waals surface area contributed by atoms with Crippen LogP contribution < -0.4 is 0 Å². The third-order valence-electron chi connectivity index (χ3n) is 3.57. The van der Waals surface area contributed by atoms with Gasteiger partial charge < -0.3 is 9.80 Å². The molecule has 100 valence electrons. The first-order valence-electron chi connectivity index (χ1n) is 7.15. The van der Waals surface area contributed by atoms with Crippen molar-refractivity contribution in [1.29, 1.82) is 0 Å². The normalized spacial score (nSPS) is 16.0. The van der Waals surface area contributed by atoms with Gasteiger partial charge in [-0.1, -0.05) is 27.7 Å². The van der Waals surface area contributed by atoms with Gasteiger partial charge in [0.05, 0.1) is 0 Å². The standard InChI is InChI=1S/C14H28N2O/c1-5-13(6-2)16(11-12(3)4)14(17)15-9-7-8-10-15/h12-13H,5-11H2,1-4H3. The van der Waals surface area contributed by atoms with E-state index in [2.05, 4.69) is 32.6 Å². The van der Waals surface area contributed by atoms with Gasteiger partial charge in [0.1, 0.15) is 0 Å². The van der Waals surface area contributed by atoms with E-state index in [0.29, 0.717) is 12.0 Å². The average molecular weight is 240 g/mol. The molecule has 0 unspecified atom stereocenters. The van der Waals surface area contributed by atoms with Crippen LogP contribution in [-0.4, -0.2) is 41.5 Å². The Morgan fingerprint density at radius 1 is 1.18 bits per heavy atom. The summed E-state index contributed by atoms with van der Waals surface area (Å²) in [6, 6.07) is 0.676. The highest BCUT2D eigenvalue weighted by atomic mass is 16.2. The quantitative estimate of drug-likeness (QED) is 0.723. The van der Waals surface area contributed by atoms with Gasteiger partial charge >= 0.3 is 6.03 Å². The van der Waals surface area contributed by atoms with E-state index in [1.54, 1.807) is 0 Å². The Bertz CT molecular complexity index is 230. The van der Waals surface area contributed by atoms with Gasteiger partial charge in [-0.05, 0) is 31.6 Å². The first kappa shape index (κ1) is 14.3. The van der Waals surface area contributed by atoms with Crippen molar-refractivity contribution >= 4 is 6.03 Å². The second kappa shape index (κ2) is 6.87. The molecule has 0 atom stereocenters. The molecule has 0 aromatic rings. The summed E-state index contributed by atoms with van der Waals surface area (Å²) in [6.07, 6.45) is 4.46. The fourth-order valence-electron chi connectivity index (χ4n) is 2.60. The maximum atomic E-state index is 12.5. The van der Waals surface area contributed by atoms with Crippen LogP contribution in [0.4, 0.5) is 4.79 Å². The predicted octanol–water partition coefficient (Wildman–Crippen LogP) is 3.35. The molecule has 0 spiro atoms. The van der Waals surface area contributed by atoms with E-state index in [9.17, 15) is 4.79 Å². The lowest BCUT2D eigenvalue weighted by Crippen LogP contribution is -2.48. The molecule has 1 fully saturated rings. The van der Waals surface area contributed by atoms with Crippen molar-refractivity contribution in [3.63, 3.8) is 0 Å². The topological polar surface area (TPSA) is 23.6 Å². The molecule has 0 saturated carbocycles. The molecule has 1 heterocycles. The van der Waals surface area contributed by atoms with Crippen LogP contribution in [0.5, 0.6) is 0 Å². The number of rotatable bonds is 5. The van der Waals surface area contributed by atoms with Crippen molar-refractivity contribution < 1.29 is 4.79 Å². The van der Waals surface area contributed by atoms with E-state index >= 15 is 0 Å². The Kier molecular flexibility index (Phi) is 5.79. The maximum Gasteiger partial charge on any atom is 0.320 e. The van der Waals surface area contributed by atoms with Gasteiger partial charge in [0.25, 0.3) is 0 Å². The monoisotopic (exact) mass is 240 g/mol. The number of carbonyl (C=O) groups excluding carboxylic acids is 1. The predicted molar refractivity (Wildman–Crippen MR) is 72.1 cm³/mol. The zero-order valence-corrected chi connectivity index (χ0v) is 11.9. The third kappa shape index (κ3) is 3.90. The second-order valence-electron chi connectivity index (χ2n) is 5.49. The van der Waals surface area contributed by atoms with E-state index in [-0.39, 0.29) is 6.03 Å². The minimum Gasteiger partial charge on any atom is -0.325 e. The van der Waals surface area contributed by atoms with Gasteiger partial charge in [-0.3, -0.25) is 0 Å². The highest BCUT2D eigenvalue weighted by Crippen LogP contribution is 2.17. The zero-order valence-electron chi connectivity index (χ0n) is 11.9. The Hall–Kier alpha value is -0.730. The minimum atomic E-state index is 0.268. The van der Waals surface area contributed by atoms with Crippen molar-refractivity contribution in [3.8, 4) is 0 Å². The first-order valence-corrected chi connectivity index (χ1v) is 7.15. The van der Waals surface area contributed by atoms with Crippen molar-refractivity contribution in [2.24, 2.45) is 5.92 Å². The summed E-state index contributed by atoms with van der Waals surface area (Å²) in [5.41, 5.74) is 0. The molecule has 0 aromatic carbocycles. The van der Waals surface area contributed by atoms with Crippen LogP contribution in [0.3, 0.4) is 0 Å². The van der Waals surface area contributed by atoms with Gasteiger partial charge in [0.2, 0.25) is 0 Å². The summed E-state index contributed by atoms with van der Waals surface area (Å²) in [5, 5.41) is 0. The lowest BCUT2D eigenvalue weighted by atomic mass is 10.1. The summed E-state index contributed by atoms with van der Waals surface area (Å²) in [4.78, 5) is 16.6. The van der Waals surface area contributed by atoms with Gasteiger partial charge in [0.15, 0.2) is 0 Å². The van der Waals surface area contributed by atoms with Crippen LogP contribution in [0.2, 0.25) is 0 Å². The number of nitrogens with zero attached hydrogens (tertiary/aromatic N) is 2. The van der Waals surface area contributed by atoms with Crippen LogP contribution >= 0.6 is 0 Å². The molecule has 3 nitrogen and oxygen atoms in total. The molecule has 0 radical (unpaired) electrons. The van der Waals surface area contributed by atoms with Crippen molar-refractivity contribution in [2.45, 2.75) is 59.4 Å². The van der Waals surface area contributed by atoms with E-state index in [1.807, 2.05) is 4.90 Å². The lowest BCUT2D eigenvalue weighted by Gasteiger charge is -2.35. The molecule has 1 saturated heterocycles. The molecule has 2 amide bonds. The van der Waals surface area contributed by atoms with Crippen LogP contribution in [-0.2, 0) is 0 Å². The molecule has 0 aliphatic carbocycles. The van der Waals surface area contributed by atoms with Crippen molar-refractivity contribution in [3.05, 3.63) is 0 Å². The average Bonchev–Trinajstić information content (AvgIpc) is 2.81. The first-order chi connectivity index (χ1) is 8.10. The van der Waals surface area contributed by atoms with Crippen molar-refractivity contribution in [2.75, 3.05) is 19.6 Å². The van der Waals surface area contributed by atoms with E-state index in [0.717, 1.165) is 32.5 Å². The summed E-state index contributed by atoms with van der Waals surface area (Å²) in [6.45, 7) is 11.5. The van der Waals surface area contributed by atoms with Crippen molar-refractivity contribution in [1.82, 2.24) is 9.80 Å². The molecule has 1 rings (SSSR count). The summed E-state index contributed by atoms with van der Waals surface area (Å²) in [5.74, 6) is 0.544. The SMILES string of the molecule is CCC(CC)N(CC(C)C)C(=O)N1CCCC1. The molecule has 0 bridgehead atoms. The maximum absolute atomic E-state index is 12.5. The number of hydrogen-bond acceptors (Lipinski definition) is 1. The second-order valence-corrected chi connectivity index (χ2v) is 5.49. The third-order valence-corrected chi connectivity index (χ3v) is 3.57. The van der Waals surface area contributed by atoms with Crippen LogP contribution in [0.1, 0.15) is 53.4 Å². The number of amides is 2. The minimum absolute atomic E-state index is 0.268. The summed E-state index contributed by atoms with van der Waals surface area (Å²) >= 11 is 0. The zero-order chi connectivity index (χ0) is 12.8. The van der Waals surface area contributed by atoms with Gasteiger partial charge in [0, 0.05) is 25.7 Å². The number of likely N-dealkylation sites (tertiary alicyclic amines) is 1. The Labute approximate surface area is 106 Å². The molecule has 0 N–H and O–H groups in total. The molecule has 17 heavy (non-hydrogen) atoms. The van der Waals surface area contributed by atoms with E-state index < -0.39 is 0 Å². The van der Waals surface area contributed by atoms with Gasteiger partial charge in [-0.15, -0.1) is 0 Å². The summed E-state index contributed by atoms with van der Waals surface area (Å²) < 4.78 is 0. The number of urea groups is 1.